The Kier molecular flexibility index (Phi) is 4.32. The van der Waals surface area contributed by atoms with Gasteiger partial charge in [0.1, 0.15) is 11.6 Å². The minimum Gasteiger partial charge on any atom is -0.406 e. The predicted molar refractivity (Wildman–Crippen MR) is 71.2 cm³/mol. The lowest BCUT2D eigenvalue weighted by Gasteiger charge is -2.10. The van der Waals surface area contributed by atoms with Crippen LogP contribution in [0.1, 0.15) is 5.56 Å². The van der Waals surface area contributed by atoms with Crippen molar-refractivity contribution < 1.29 is 22.3 Å². The summed E-state index contributed by atoms with van der Waals surface area (Å²) >= 11 is 3.17. The van der Waals surface area contributed by atoms with E-state index in [1.807, 2.05) is 0 Å². The zero-order valence-electron chi connectivity index (χ0n) is 10.0. The van der Waals surface area contributed by atoms with Gasteiger partial charge in [-0.2, -0.15) is 0 Å². The van der Waals surface area contributed by atoms with Gasteiger partial charge in [0.05, 0.1) is 0 Å². The van der Waals surface area contributed by atoms with Crippen molar-refractivity contribution in [3.05, 3.63) is 53.8 Å². The van der Waals surface area contributed by atoms with Crippen molar-refractivity contribution in [3.8, 4) is 16.9 Å². The molecule has 0 N–H and O–H groups in total. The van der Waals surface area contributed by atoms with Crippen LogP contribution in [0, 0.1) is 5.82 Å². The van der Waals surface area contributed by atoms with Crippen LogP contribution in [0.15, 0.2) is 42.5 Å². The zero-order chi connectivity index (χ0) is 14.8. The number of halogens is 5. The summed E-state index contributed by atoms with van der Waals surface area (Å²) in [5.41, 5.74) is 1.89. The first-order valence-electron chi connectivity index (χ1n) is 5.59. The summed E-state index contributed by atoms with van der Waals surface area (Å²) in [6, 6.07) is 9.97. The van der Waals surface area contributed by atoms with Gasteiger partial charge in [-0.15, -0.1) is 13.2 Å². The SMILES string of the molecule is Fc1ccc(-c2ccc(OC(F)(F)F)cc2)cc1CBr. The van der Waals surface area contributed by atoms with Crippen LogP contribution in [-0.4, -0.2) is 6.36 Å². The van der Waals surface area contributed by atoms with Crippen LogP contribution in [0.3, 0.4) is 0 Å². The number of benzene rings is 2. The Morgan fingerprint density at radius 1 is 0.950 bits per heavy atom. The molecule has 0 bridgehead atoms. The van der Waals surface area contributed by atoms with Gasteiger partial charge in [0.25, 0.3) is 0 Å². The van der Waals surface area contributed by atoms with Gasteiger partial charge in [0, 0.05) is 5.33 Å². The summed E-state index contributed by atoms with van der Waals surface area (Å²) in [4.78, 5) is 0. The lowest BCUT2D eigenvalue weighted by molar-refractivity contribution is -0.274. The molecule has 0 radical (unpaired) electrons. The molecule has 0 saturated carbocycles. The third kappa shape index (κ3) is 3.72. The number of ether oxygens (including phenoxy) is 1. The van der Waals surface area contributed by atoms with Crippen LogP contribution in [0.4, 0.5) is 17.6 Å². The first kappa shape index (κ1) is 14.8. The third-order valence-electron chi connectivity index (χ3n) is 2.61. The molecule has 1 nitrogen and oxygen atoms in total. The average Bonchev–Trinajstić information content (AvgIpc) is 2.38. The lowest BCUT2D eigenvalue weighted by Crippen LogP contribution is -2.16. The molecule has 0 spiro atoms. The Morgan fingerprint density at radius 2 is 1.55 bits per heavy atom. The van der Waals surface area contributed by atoms with Crippen LogP contribution in [-0.2, 0) is 5.33 Å². The summed E-state index contributed by atoms with van der Waals surface area (Å²) in [6.07, 6.45) is -4.71. The molecule has 0 aliphatic rings. The second-order valence-corrected chi connectivity index (χ2v) is 4.57. The van der Waals surface area contributed by atoms with Crippen LogP contribution >= 0.6 is 15.9 Å². The van der Waals surface area contributed by atoms with Gasteiger partial charge in [-0.25, -0.2) is 4.39 Å². The van der Waals surface area contributed by atoms with E-state index >= 15 is 0 Å². The van der Waals surface area contributed by atoms with Crippen molar-refractivity contribution in [1.29, 1.82) is 0 Å². The van der Waals surface area contributed by atoms with Gasteiger partial charge in [-0.05, 0) is 41.0 Å². The van der Waals surface area contributed by atoms with Crippen molar-refractivity contribution in [2.75, 3.05) is 0 Å². The highest BCUT2D eigenvalue weighted by Crippen LogP contribution is 2.27. The van der Waals surface area contributed by atoms with Gasteiger partial charge in [0.2, 0.25) is 0 Å². The number of rotatable bonds is 3. The Bertz CT molecular complexity index is 593. The average molecular weight is 349 g/mol. The highest BCUT2D eigenvalue weighted by Gasteiger charge is 2.30. The molecule has 6 heteroatoms. The van der Waals surface area contributed by atoms with E-state index < -0.39 is 6.36 Å². The lowest BCUT2D eigenvalue weighted by atomic mass is 10.0. The molecule has 0 atom stereocenters. The molecule has 0 saturated heterocycles. The maximum atomic E-state index is 13.4. The monoisotopic (exact) mass is 348 g/mol. The Morgan fingerprint density at radius 3 is 2.10 bits per heavy atom. The molecular formula is C14H9BrF4O. The minimum atomic E-state index is -4.71. The van der Waals surface area contributed by atoms with E-state index in [0.717, 1.165) is 5.56 Å². The fourth-order valence-electron chi connectivity index (χ4n) is 1.71. The molecule has 0 heterocycles. The largest absolute Gasteiger partial charge is 0.573 e. The summed E-state index contributed by atoms with van der Waals surface area (Å²) < 4.78 is 53.3. The predicted octanol–water partition coefficient (Wildman–Crippen LogP) is 5.29. The minimum absolute atomic E-state index is 0.288. The van der Waals surface area contributed by atoms with Crippen LogP contribution < -0.4 is 4.74 Å². The van der Waals surface area contributed by atoms with E-state index in [4.69, 9.17) is 0 Å². The first-order chi connectivity index (χ1) is 9.39. The van der Waals surface area contributed by atoms with Gasteiger partial charge in [-0.3, -0.25) is 0 Å². The smallest absolute Gasteiger partial charge is 0.406 e. The second kappa shape index (κ2) is 5.83. The van der Waals surface area contributed by atoms with Gasteiger partial charge in [0.15, 0.2) is 0 Å². The molecule has 2 rings (SSSR count). The normalized spacial score (nSPS) is 11.4. The standard InChI is InChI=1S/C14H9BrF4O/c15-8-11-7-10(3-6-13(11)16)9-1-4-12(5-2-9)20-14(17,18)19/h1-7H,8H2. The van der Waals surface area contributed by atoms with Crippen LogP contribution in [0.25, 0.3) is 11.1 Å². The Hall–Kier alpha value is -1.56. The van der Waals surface area contributed by atoms with Crippen molar-refractivity contribution in [2.45, 2.75) is 11.7 Å². The van der Waals surface area contributed by atoms with E-state index in [-0.39, 0.29) is 11.6 Å². The molecule has 0 amide bonds. The molecule has 20 heavy (non-hydrogen) atoms. The van der Waals surface area contributed by atoms with Crippen molar-refractivity contribution in [2.24, 2.45) is 0 Å². The highest BCUT2D eigenvalue weighted by atomic mass is 79.9. The van der Waals surface area contributed by atoms with E-state index in [0.29, 0.717) is 16.5 Å². The van der Waals surface area contributed by atoms with Gasteiger partial charge < -0.3 is 4.74 Å². The quantitative estimate of drug-likeness (QED) is 0.541. The van der Waals surface area contributed by atoms with Crippen LogP contribution in [0.5, 0.6) is 5.75 Å². The molecule has 0 aliphatic heterocycles. The molecule has 0 aliphatic carbocycles. The molecule has 2 aromatic carbocycles. The summed E-state index contributed by atoms with van der Waals surface area (Å²) in [5, 5.41) is 0.363. The maximum Gasteiger partial charge on any atom is 0.573 e. The topological polar surface area (TPSA) is 9.23 Å². The van der Waals surface area contributed by atoms with Gasteiger partial charge in [-0.1, -0.05) is 34.1 Å². The number of hydrogen-bond donors (Lipinski definition) is 0. The fourth-order valence-corrected chi connectivity index (χ4v) is 2.14. The molecular weight excluding hydrogens is 340 g/mol. The third-order valence-corrected chi connectivity index (χ3v) is 3.22. The van der Waals surface area contributed by atoms with E-state index in [2.05, 4.69) is 20.7 Å². The molecule has 0 fully saturated rings. The van der Waals surface area contributed by atoms with Crippen LogP contribution in [0.2, 0.25) is 0 Å². The summed E-state index contributed by atoms with van der Waals surface area (Å²) in [5.74, 6) is -0.619. The molecule has 2 aromatic rings. The maximum absolute atomic E-state index is 13.4. The van der Waals surface area contributed by atoms with E-state index in [1.165, 1.54) is 30.3 Å². The van der Waals surface area contributed by atoms with E-state index in [1.54, 1.807) is 12.1 Å². The van der Waals surface area contributed by atoms with Crippen molar-refractivity contribution in [3.63, 3.8) is 0 Å². The molecule has 106 valence electrons. The molecule has 0 aromatic heterocycles. The van der Waals surface area contributed by atoms with Crippen molar-refractivity contribution >= 4 is 15.9 Å². The van der Waals surface area contributed by atoms with E-state index in [9.17, 15) is 17.6 Å². The number of alkyl halides is 4. The highest BCUT2D eigenvalue weighted by molar-refractivity contribution is 9.08. The summed E-state index contributed by atoms with van der Waals surface area (Å²) in [6.45, 7) is 0. The Balaban J connectivity index is 2.26. The molecule has 0 unspecified atom stereocenters. The van der Waals surface area contributed by atoms with Gasteiger partial charge >= 0.3 is 6.36 Å². The zero-order valence-corrected chi connectivity index (χ0v) is 11.6. The second-order valence-electron chi connectivity index (χ2n) is 4.01. The summed E-state index contributed by atoms with van der Waals surface area (Å²) in [7, 11) is 0. The van der Waals surface area contributed by atoms with Crippen molar-refractivity contribution in [1.82, 2.24) is 0 Å². The fraction of sp³-hybridized carbons (Fsp3) is 0.143. The Labute approximate surface area is 121 Å². The number of hydrogen-bond acceptors (Lipinski definition) is 1. The first-order valence-corrected chi connectivity index (χ1v) is 6.72.